The van der Waals surface area contributed by atoms with Crippen LogP contribution in [0.25, 0.3) is 0 Å². The number of hydrogen-bond donors (Lipinski definition) is 0. The SMILES string of the molecule is CC/C=C\C/C=C\C/C=C\C/C=C\C/C=C\CCCC(=O)OC[C@H](COP(=O)([O-])OCC[N+](C)(C)C)OC(=O)CCCCCCCCCCCCCC. The van der Waals surface area contributed by atoms with Gasteiger partial charge in [0.2, 0.25) is 0 Å². The summed E-state index contributed by atoms with van der Waals surface area (Å²) in [6.07, 6.45) is 41.1. The highest BCUT2D eigenvalue weighted by Crippen LogP contribution is 2.38. The number of rotatable bonds is 36. The minimum absolute atomic E-state index is 0.0411. The van der Waals surface area contributed by atoms with E-state index in [1.807, 2.05) is 27.2 Å². The first-order valence-corrected chi connectivity index (χ1v) is 22.0. The van der Waals surface area contributed by atoms with Gasteiger partial charge in [0.25, 0.3) is 7.82 Å². The molecule has 0 N–H and O–H groups in total. The van der Waals surface area contributed by atoms with Crippen molar-refractivity contribution in [3.8, 4) is 0 Å². The molecule has 0 saturated heterocycles. The van der Waals surface area contributed by atoms with Crippen molar-refractivity contribution in [2.24, 2.45) is 0 Å². The number of carbonyl (C=O) groups is 2. The van der Waals surface area contributed by atoms with Crippen LogP contribution in [0.1, 0.15) is 149 Å². The summed E-state index contributed by atoms with van der Waals surface area (Å²) in [6.45, 7) is 4.02. The average molecular weight is 766 g/mol. The lowest BCUT2D eigenvalue weighted by Crippen LogP contribution is -2.37. The minimum Gasteiger partial charge on any atom is -0.756 e. The van der Waals surface area contributed by atoms with Gasteiger partial charge in [-0.25, -0.2) is 0 Å². The van der Waals surface area contributed by atoms with Crippen LogP contribution in [0.15, 0.2) is 60.8 Å². The zero-order valence-corrected chi connectivity index (χ0v) is 35.1. The smallest absolute Gasteiger partial charge is 0.306 e. The molecule has 0 rings (SSSR count). The second-order valence-electron chi connectivity index (χ2n) is 14.6. The summed E-state index contributed by atoms with van der Waals surface area (Å²) in [5.74, 6) is -0.907. The molecule has 10 heteroatoms. The first-order valence-electron chi connectivity index (χ1n) is 20.5. The van der Waals surface area contributed by atoms with Gasteiger partial charge in [0.05, 0.1) is 27.7 Å². The van der Waals surface area contributed by atoms with Crippen LogP contribution in [0.2, 0.25) is 0 Å². The molecule has 9 nitrogen and oxygen atoms in total. The molecule has 0 fully saturated rings. The molecule has 0 aromatic heterocycles. The molecule has 0 aliphatic carbocycles. The van der Waals surface area contributed by atoms with Crippen molar-refractivity contribution in [1.29, 1.82) is 0 Å². The Labute approximate surface area is 324 Å². The van der Waals surface area contributed by atoms with Gasteiger partial charge >= 0.3 is 11.9 Å². The molecule has 1 unspecified atom stereocenters. The summed E-state index contributed by atoms with van der Waals surface area (Å²) < 4.78 is 33.7. The summed E-state index contributed by atoms with van der Waals surface area (Å²) in [6, 6.07) is 0. The molecule has 0 aliphatic rings. The molecule has 0 heterocycles. The van der Waals surface area contributed by atoms with E-state index < -0.39 is 32.5 Å². The van der Waals surface area contributed by atoms with Gasteiger partial charge in [0.1, 0.15) is 19.8 Å². The van der Waals surface area contributed by atoms with E-state index in [9.17, 15) is 19.0 Å². The topological polar surface area (TPSA) is 111 Å². The Balaban J connectivity index is 4.50. The molecule has 0 aromatic rings. The van der Waals surface area contributed by atoms with Crippen molar-refractivity contribution in [3.05, 3.63) is 60.8 Å². The Morgan fingerprint density at radius 3 is 1.58 bits per heavy atom. The summed E-state index contributed by atoms with van der Waals surface area (Å²) in [7, 11) is 1.13. The Morgan fingerprint density at radius 2 is 1.08 bits per heavy atom. The van der Waals surface area contributed by atoms with Gasteiger partial charge in [-0.1, -0.05) is 145 Å². The van der Waals surface area contributed by atoms with Crippen molar-refractivity contribution in [2.45, 2.75) is 155 Å². The number of allylic oxidation sites excluding steroid dienone is 10. The van der Waals surface area contributed by atoms with Crippen molar-refractivity contribution in [2.75, 3.05) is 47.5 Å². The molecular formula is C43H76NO8P. The second-order valence-corrected chi connectivity index (χ2v) is 16.0. The third-order valence-corrected chi connectivity index (χ3v) is 9.27. The van der Waals surface area contributed by atoms with Crippen LogP contribution in [0.5, 0.6) is 0 Å². The number of esters is 2. The third kappa shape index (κ3) is 39.2. The number of ether oxygens (including phenoxy) is 2. The van der Waals surface area contributed by atoms with Crippen LogP contribution in [-0.4, -0.2) is 70.0 Å². The lowest BCUT2D eigenvalue weighted by atomic mass is 10.0. The maximum atomic E-state index is 12.6. The zero-order chi connectivity index (χ0) is 39.3. The maximum Gasteiger partial charge on any atom is 0.306 e. The number of hydrogen-bond acceptors (Lipinski definition) is 8. The molecule has 0 amide bonds. The van der Waals surface area contributed by atoms with Gasteiger partial charge in [-0.3, -0.25) is 14.2 Å². The molecule has 306 valence electrons. The molecule has 0 aromatic carbocycles. The third-order valence-electron chi connectivity index (χ3n) is 8.30. The lowest BCUT2D eigenvalue weighted by molar-refractivity contribution is -0.870. The summed E-state index contributed by atoms with van der Waals surface area (Å²) in [5, 5.41) is 0. The Hall–Kier alpha value is -2.29. The van der Waals surface area contributed by atoms with Gasteiger partial charge < -0.3 is 27.9 Å². The van der Waals surface area contributed by atoms with E-state index in [1.165, 1.54) is 51.4 Å². The normalized spacial score (nSPS) is 14.3. The van der Waals surface area contributed by atoms with Crippen LogP contribution >= 0.6 is 7.82 Å². The van der Waals surface area contributed by atoms with Crippen LogP contribution in [0.4, 0.5) is 0 Å². The van der Waals surface area contributed by atoms with Crippen molar-refractivity contribution >= 4 is 19.8 Å². The average Bonchev–Trinajstić information content (AvgIpc) is 3.10. The van der Waals surface area contributed by atoms with Crippen LogP contribution in [0.3, 0.4) is 0 Å². The minimum atomic E-state index is -4.63. The van der Waals surface area contributed by atoms with Crippen molar-refractivity contribution < 1.29 is 42.1 Å². The predicted octanol–water partition coefficient (Wildman–Crippen LogP) is 10.7. The fourth-order valence-corrected chi connectivity index (χ4v) is 5.83. The molecule has 0 saturated carbocycles. The highest BCUT2D eigenvalue weighted by Gasteiger charge is 2.21. The summed E-state index contributed by atoms with van der Waals surface area (Å²) >= 11 is 0. The molecule has 0 spiro atoms. The van der Waals surface area contributed by atoms with Gasteiger partial charge in [0.15, 0.2) is 6.10 Å². The highest BCUT2D eigenvalue weighted by molar-refractivity contribution is 7.45. The molecular weight excluding hydrogens is 689 g/mol. The van der Waals surface area contributed by atoms with Crippen molar-refractivity contribution in [3.63, 3.8) is 0 Å². The molecule has 0 bridgehead atoms. The molecule has 0 aliphatic heterocycles. The van der Waals surface area contributed by atoms with E-state index in [0.717, 1.165) is 57.8 Å². The number of carbonyl (C=O) groups excluding carboxylic acids is 2. The van der Waals surface area contributed by atoms with E-state index in [1.54, 1.807) is 0 Å². The molecule has 53 heavy (non-hydrogen) atoms. The van der Waals surface area contributed by atoms with E-state index >= 15 is 0 Å². The van der Waals surface area contributed by atoms with Gasteiger partial charge in [-0.15, -0.1) is 0 Å². The van der Waals surface area contributed by atoms with E-state index in [2.05, 4.69) is 68.5 Å². The van der Waals surface area contributed by atoms with E-state index in [0.29, 0.717) is 23.9 Å². The number of nitrogens with zero attached hydrogens (tertiary/aromatic N) is 1. The monoisotopic (exact) mass is 766 g/mol. The molecule has 0 radical (unpaired) electrons. The van der Waals surface area contributed by atoms with Crippen LogP contribution < -0.4 is 4.89 Å². The number of phosphoric acid groups is 1. The van der Waals surface area contributed by atoms with Gasteiger partial charge in [0, 0.05) is 12.8 Å². The fraction of sp³-hybridized carbons (Fsp3) is 0.721. The predicted molar refractivity (Wildman–Crippen MR) is 217 cm³/mol. The van der Waals surface area contributed by atoms with Crippen LogP contribution in [-0.2, 0) is 32.7 Å². The fourth-order valence-electron chi connectivity index (χ4n) is 5.10. The standard InChI is InChI=1S/C43H76NO8P/c1-6-8-10-12-14-16-18-20-21-22-23-24-26-27-29-31-33-35-42(45)49-39-41(40-51-53(47,48)50-38-37-44(3,4)5)52-43(46)36-34-32-30-28-25-19-17-15-13-11-9-7-2/h8,10,14,16,20-21,23-24,27,29,41H,6-7,9,11-13,15,17-19,22,25-26,28,30-40H2,1-5H3/b10-8-,16-14-,21-20-,24-23-,29-27-/t41-/m1/s1. The number of phosphoric ester groups is 1. The van der Waals surface area contributed by atoms with E-state index in [4.69, 9.17) is 18.5 Å². The quantitative estimate of drug-likeness (QED) is 0.0204. The van der Waals surface area contributed by atoms with Crippen molar-refractivity contribution in [1.82, 2.24) is 0 Å². The summed E-state index contributed by atoms with van der Waals surface area (Å²) in [4.78, 5) is 37.4. The highest BCUT2D eigenvalue weighted by atomic mass is 31.2. The van der Waals surface area contributed by atoms with Gasteiger partial charge in [-0.05, 0) is 51.4 Å². The molecule has 2 atom stereocenters. The number of likely N-dealkylation sites (N-methyl/N-ethyl adjacent to an activating group) is 1. The maximum absolute atomic E-state index is 12.6. The van der Waals surface area contributed by atoms with Crippen LogP contribution in [0, 0.1) is 0 Å². The summed E-state index contributed by atoms with van der Waals surface area (Å²) in [5.41, 5.74) is 0. The van der Waals surface area contributed by atoms with Gasteiger partial charge in [-0.2, -0.15) is 0 Å². The second kappa shape index (κ2) is 35.4. The first-order chi connectivity index (χ1) is 25.5. The number of quaternary nitrogens is 1. The Bertz CT molecular complexity index is 1090. The zero-order valence-electron chi connectivity index (χ0n) is 34.2. The Morgan fingerprint density at radius 1 is 0.604 bits per heavy atom. The Kier molecular flexibility index (Phi) is 33.9. The van der Waals surface area contributed by atoms with E-state index in [-0.39, 0.29) is 26.1 Å². The largest absolute Gasteiger partial charge is 0.756 e. The first kappa shape index (κ1) is 50.7. The number of unbranched alkanes of at least 4 members (excludes halogenated alkanes) is 12. The lowest BCUT2D eigenvalue weighted by Gasteiger charge is -2.28.